The summed E-state index contributed by atoms with van der Waals surface area (Å²) >= 11 is 0. The first kappa shape index (κ1) is 23.1. The number of carboxylic acids is 1. The second-order valence-electron chi connectivity index (χ2n) is 7.53. The number of nitrogens with one attached hydrogen (secondary N) is 1. The highest BCUT2D eigenvalue weighted by molar-refractivity contribution is 5.73. The number of carboxylic acid groups (broad SMARTS) is 1. The van der Waals surface area contributed by atoms with Crippen molar-refractivity contribution in [2.45, 2.75) is 26.5 Å². The van der Waals surface area contributed by atoms with Crippen LogP contribution in [0.1, 0.15) is 19.4 Å². The summed E-state index contributed by atoms with van der Waals surface area (Å²) in [4.78, 5) is 11.3. The van der Waals surface area contributed by atoms with Gasteiger partial charge in [0, 0.05) is 18.0 Å². The van der Waals surface area contributed by atoms with Crippen LogP contribution in [0.4, 0.5) is 23.2 Å². The molecule has 0 saturated carbocycles. The molecule has 3 aromatic carbocycles. The monoisotopic (exact) mass is 447 g/mol. The molecule has 0 saturated heterocycles. The van der Waals surface area contributed by atoms with E-state index in [4.69, 9.17) is 4.74 Å². The molecule has 0 fully saturated rings. The van der Waals surface area contributed by atoms with E-state index in [2.05, 4.69) is 5.32 Å². The minimum atomic E-state index is -1.33. The number of ether oxygens (including phenoxy) is 1. The van der Waals surface area contributed by atoms with Crippen molar-refractivity contribution in [3.63, 3.8) is 0 Å². The van der Waals surface area contributed by atoms with Crippen LogP contribution < -0.4 is 10.1 Å². The van der Waals surface area contributed by atoms with Crippen LogP contribution in [-0.2, 0) is 11.3 Å². The van der Waals surface area contributed by atoms with E-state index in [0.29, 0.717) is 11.1 Å². The zero-order valence-corrected chi connectivity index (χ0v) is 17.3. The number of halogens is 4. The number of hydrogen-bond donors (Lipinski definition) is 2. The van der Waals surface area contributed by atoms with Gasteiger partial charge in [0.05, 0.1) is 0 Å². The van der Waals surface area contributed by atoms with E-state index in [9.17, 15) is 27.5 Å². The Bertz CT molecular complexity index is 1130. The highest BCUT2D eigenvalue weighted by Gasteiger charge is 2.26. The lowest BCUT2D eigenvalue weighted by Crippen LogP contribution is -2.32. The molecule has 0 spiro atoms. The largest absolute Gasteiger partial charge is 0.478 e. The maximum Gasteiger partial charge on any atom is 0.345 e. The fraction of sp³-hybridized carbons (Fsp3) is 0.208. The van der Waals surface area contributed by atoms with Gasteiger partial charge >= 0.3 is 5.97 Å². The standard InChI is InChI=1S/C24H21F4NO3/c1-13(2)23(24(30)31)32-20-9-8-19(27)22(21(20)28)29-12-16-10-15(6-7-18(16)26)14-4-3-5-17(25)11-14/h3-11,13,23,29H,12H2,1-2H3,(H,30,31). The van der Waals surface area contributed by atoms with Gasteiger partial charge in [-0.05, 0) is 47.5 Å². The second kappa shape index (κ2) is 9.72. The van der Waals surface area contributed by atoms with Crippen LogP contribution in [0.5, 0.6) is 5.75 Å². The van der Waals surface area contributed by atoms with Gasteiger partial charge in [0.1, 0.15) is 23.1 Å². The van der Waals surface area contributed by atoms with Crippen LogP contribution in [-0.4, -0.2) is 17.2 Å². The molecule has 1 atom stereocenters. The van der Waals surface area contributed by atoms with Gasteiger partial charge in [-0.2, -0.15) is 0 Å². The Labute approximate surface area is 182 Å². The predicted octanol–water partition coefficient (Wildman–Crippen LogP) is 6.01. The lowest BCUT2D eigenvalue weighted by molar-refractivity contribution is -0.147. The fourth-order valence-corrected chi connectivity index (χ4v) is 3.14. The van der Waals surface area contributed by atoms with Crippen molar-refractivity contribution in [2.24, 2.45) is 5.92 Å². The average Bonchev–Trinajstić information content (AvgIpc) is 2.73. The average molecular weight is 447 g/mol. The fourth-order valence-electron chi connectivity index (χ4n) is 3.14. The lowest BCUT2D eigenvalue weighted by Gasteiger charge is -2.20. The molecule has 0 bridgehead atoms. The molecule has 0 aromatic heterocycles. The number of aliphatic carboxylic acids is 1. The Morgan fingerprint density at radius 2 is 1.66 bits per heavy atom. The number of rotatable bonds is 8. The summed E-state index contributed by atoms with van der Waals surface area (Å²) in [7, 11) is 0. The first-order valence-electron chi connectivity index (χ1n) is 9.83. The van der Waals surface area contributed by atoms with E-state index in [1.54, 1.807) is 19.9 Å². The normalized spacial score (nSPS) is 12.0. The smallest absolute Gasteiger partial charge is 0.345 e. The summed E-state index contributed by atoms with van der Waals surface area (Å²) in [6, 6.07) is 11.8. The van der Waals surface area contributed by atoms with Crippen molar-refractivity contribution in [1.29, 1.82) is 0 Å². The van der Waals surface area contributed by atoms with E-state index in [1.807, 2.05) is 0 Å². The zero-order valence-electron chi connectivity index (χ0n) is 17.3. The Balaban J connectivity index is 1.85. The molecular formula is C24H21F4NO3. The molecule has 0 aliphatic carbocycles. The molecule has 0 aliphatic rings. The van der Waals surface area contributed by atoms with Crippen LogP contribution in [0.2, 0.25) is 0 Å². The molecule has 3 rings (SSSR count). The van der Waals surface area contributed by atoms with Gasteiger partial charge in [0.15, 0.2) is 17.7 Å². The van der Waals surface area contributed by atoms with Gasteiger partial charge in [-0.1, -0.05) is 32.0 Å². The second-order valence-corrected chi connectivity index (χ2v) is 7.53. The Morgan fingerprint density at radius 3 is 2.31 bits per heavy atom. The molecule has 8 heteroatoms. The highest BCUT2D eigenvalue weighted by atomic mass is 19.1. The van der Waals surface area contributed by atoms with Crippen molar-refractivity contribution in [3.05, 3.63) is 83.4 Å². The number of benzene rings is 3. The number of anilines is 1. The maximum absolute atomic E-state index is 14.9. The first-order valence-corrected chi connectivity index (χ1v) is 9.83. The van der Waals surface area contributed by atoms with Crippen molar-refractivity contribution >= 4 is 11.7 Å². The molecule has 0 radical (unpaired) electrons. The zero-order chi connectivity index (χ0) is 23.4. The molecule has 1 unspecified atom stereocenters. The van der Waals surface area contributed by atoms with E-state index < -0.39 is 52.7 Å². The van der Waals surface area contributed by atoms with Crippen LogP contribution in [0.3, 0.4) is 0 Å². The van der Waals surface area contributed by atoms with Crippen molar-refractivity contribution < 1.29 is 32.2 Å². The quantitative estimate of drug-likeness (QED) is 0.415. The van der Waals surface area contributed by atoms with Gasteiger partial charge in [0.2, 0.25) is 0 Å². The van der Waals surface area contributed by atoms with Crippen molar-refractivity contribution in [1.82, 2.24) is 0 Å². The third kappa shape index (κ3) is 5.19. The summed E-state index contributed by atoms with van der Waals surface area (Å²) in [6.07, 6.45) is -1.33. The Morgan fingerprint density at radius 1 is 0.969 bits per heavy atom. The topological polar surface area (TPSA) is 58.6 Å². The molecule has 2 N–H and O–H groups in total. The maximum atomic E-state index is 14.9. The summed E-state index contributed by atoms with van der Waals surface area (Å²) in [5.41, 5.74) is 0.572. The minimum absolute atomic E-state index is 0.0995. The number of carbonyl (C=O) groups is 1. The molecule has 168 valence electrons. The van der Waals surface area contributed by atoms with Crippen LogP contribution in [0.25, 0.3) is 11.1 Å². The molecule has 4 nitrogen and oxygen atoms in total. The van der Waals surface area contributed by atoms with Crippen molar-refractivity contribution in [2.75, 3.05) is 5.32 Å². The first-order chi connectivity index (χ1) is 15.2. The van der Waals surface area contributed by atoms with Gasteiger partial charge in [-0.3, -0.25) is 0 Å². The van der Waals surface area contributed by atoms with Crippen molar-refractivity contribution in [3.8, 4) is 16.9 Å². The van der Waals surface area contributed by atoms with Gasteiger partial charge in [-0.15, -0.1) is 0 Å². The van der Waals surface area contributed by atoms with Gasteiger partial charge < -0.3 is 15.2 Å². The Hall–Kier alpha value is -3.55. The van der Waals surface area contributed by atoms with Gasteiger partial charge in [-0.25, -0.2) is 22.4 Å². The summed E-state index contributed by atoms with van der Waals surface area (Å²) in [5, 5.41) is 11.7. The van der Waals surface area contributed by atoms with E-state index in [1.165, 1.54) is 36.4 Å². The van der Waals surface area contributed by atoms with Gasteiger partial charge in [0.25, 0.3) is 0 Å². The third-order valence-electron chi connectivity index (χ3n) is 4.82. The third-order valence-corrected chi connectivity index (χ3v) is 4.82. The van der Waals surface area contributed by atoms with Crippen LogP contribution in [0.15, 0.2) is 54.6 Å². The summed E-state index contributed by atoms with van der Waals surface area (Å²) in [5.74, 6) is -5.33. The molecule has 3 aromatic rings. The molecule has 0 heterocycles. The predicted molar refractivity (Wildman–Crippen MR) is 112 cm³/mol. The molecule has 0 amide bonds. The number of hydrogen-bond acceptors (Lipinski definition) is 3. The van der Waals surface area contributed by atoms with E-state index in [0.717, 1.165) is 12.1 Å². The molecule has 0 aliphatic heterocycles. The molecule has 32 heavy (non-hydrogen) atoms. The minimum Gasteiger partial charge on any atom is -0.478 e. The van der Waals surface area contributed by atoms with E-state index in [-0.39, 0.29) is 12.1 Å². The Kier molecular flexibility index (Phi) is 7.02. The summed E-state index contributed by atoms with van der Waals surface area (Å²) < 4.78 is 62.2. The van der Waals surface area contributed by atoms with Crippen LogP contribution >= 0.6 is 0 Å². The van der Waals surface area contributed by atoms with Crippen LogP contribution in [0, 0.1) is 29.2 Å². The summed E-state index contributed by atoms with van der Waals surface area (Å²) in [6.45, 7) is 2.90. The lowest BCUT2D eigenvalue weighted by atomic mass is 10.0. The molecular weight excluding hydrogens is 426 g/mol. The highest BCUT2D eigenvalue weighted by Crippen LogP contribution is 2.30. The van der Waals surface area contributed by atoms with E-state index >= 15 is 0 Å². The SMILES string of the molecule is CC(C)C(Oc1ccc(F)c(NCc2cc(-c3cccc(F)c3)ccc2F)c1F)C(=O)O.